The van der Waals surface area contributed by atoms with Gasteiger partial charge in [-0.25, -0.2) is 0 Å². The summed E-state index contributed by atoms with van der Waals surface area (Å²) in [6.07, 6.45) is -0.00265. The molecular formula is C16H16NO5-. The van der Waals surface area contributed by atoms with Gasteiger partial charge in [-0.15, -0.1) is 0 Å². The molecule has 1 aliphatic rings. The minimum atomic E-state index is -1.20. The van der Waals surface area contributed by atoms with Gasteiger partial charge in [0.05, 0.1) is 11.6 Å². The lowest BCUT2D eigenvalue weighted by Crippen LogP contribution is -2.33. The molecule has 2 rings (SSSR count). The monoisotopic (exact) mass is 302 g/mol. The molecule has 116 valence electrons. The fourth-order valence-electron chi connectivity index (χ4n) is 2.62. The van der Waals surface area contributed by atoms with Gasteiger partial charge in [0, 0.05) is 12.5 Å². The van der Waals surface area contributed by atoms with E-state index in [9.17, 15) is 24.6 Å². The van der Waals surface area contributed by atoms with Gasteiger partial charge >= 0.3 is 0 Å². The van der Waals surface area contributed by atoms with Crippen LogP contribution in [-0.4, -0.2) is 34.2 Å². The Morgan fingerprint density at radius 1 is 1.27 bits per heavy atom. The quantitative estimate of drug-likeness (QED) is 0.825. The van der Waals surface area contributed by atoms with Crippen LogP contribution in [0.25, 0.3) is 0 Å². The molecule has 1 atom stereocenters. The van der Waals surface area contributed by atoms with Crippen LogP contribution in [0.3, 0.4) is 0 Å². The normalized spacial score (nSPS) is 18.0. The van der Waals surface area contributed by atoms with Crippen LogP contribution in [0.5, 0.6) is 0 Å². The zero-order valence-corrected chi connectivity index (χ0v) is 12.1. The highest BCUT2D eigenvalue weighted by Crippen LogP contribution is 2.37. The van der Waals surface area contributed by atoms with Crippen LogP contribution in [0.4, 0.5) is 0 Å². The number of hydrogen-bond donors (Lipinski definition) is 1. The molecule has 0 unspecified atom stereocenters. The number of carbonyl (C=O) groups excluding carboxylic acids is 3. The molecule has 0 spiro atoms. The lowest BCUT2D eigenvalue weighted by Gasteiger charge is -2.26. The third-order valence-corrected chi connectivity index (χ3v) is 3.58. The van der Waals surface area contributed by atoms with Gasteiger partial charge in [-0.2, -0.15) is 0 Å². The fourth-order valence-corrected chi connectivity index (χ4v) is 2.62. The summed E-state index contributed by atoms with van der Waals surface area (Å²) in [4.78, 5) is 35.8. The maximum absolute atomic E-state index is 12.2. The first-order chi connectivity index (χ1) is 10.4. The van der Waals surface area contributed by atoms with Crippen molar-refractivity contribution in [1.82, 2.24) is 4.90 Å². The molecule has 6 heteroatoms. The fraction of sp³-hybridized carbons (Fsp3) is 0.312. The van der Waals surface area contributed by atoms with Crippen molar-refractivity contribution in [3.63, 3.8) is 0 Å². The summed E-state index contributed by atoms with van der Waals surface area (Å²) in [5.41, 5.74) is 0.739. The number of rotatable bonds is 6. The lowest BCUT2D eigenvalue weighted by molar-refractivity contribution is -0.305. The van der Waals surface area contributed by atoms with Crippen molar-refractivity contribution in [3.8, 4) is 0 Å². The van der Waals surface area contributed by atoms with E-state index in [0.29, 0.717) is 5.56 Å². The molecule has 22 heavy (non-hydrogen) atoms. The zero-order chi connectivity index (χ0) is 16.3. The minimum Gasteiger partial charge on any atom is -0.550 e. The second kappa shape index (κ2) is 6.43. The second-order valence-electron chi connectivity index (χ2n) is 5.11. The number of aliphatic hydroxyl groups excluding tert-OH is 1. The van der Waals surface area contributed by atoms with Gasteiger partial charge in [-0.1, -0.05) is 30.3 Å². The SMILES string of the molecule is CC(=O)C1=C(O)C(=O)N(CCCC(=O)[O-])[C@H]1c1ccccc1. The first kappa shape index (κ1) is 15.8. The minimum absolute atomic E-state index is 0.0460. The van der Waals surface area contributed by atoms with Gasteiger partial charge in [0.1, 0.15) is 0 Å². The number of aliphatic hydroxyl groups is 1. The van der Waals surface area contributed by atoms with Crippen molar-refractivity contribution in [1.29, 1.82) is 0 Å². The number of aliphatic carboxylic acids is 1. The van der Waals surface area contributed by atoms with E-state index in [4.69, 9.17) is 0 Å². The van der Waals surface area contributed by atoms with Crippen LogP contribution < -0.4 is 5.11 Å². The number of carboxylic acids is 1. The number of hydrogen-bond acceptors (Lipinski definition) is 5. The molecule has 0 saturated heterocycles. The largest absolute Gasteiger partial charge is 0.550 e. The summed E-state index contributed by atoms with van der Waals surface area (Å²) in [5.74, 6) is -2.80. The van der Waals surface area contributed by atoms with Crippen molar-refractivity contribution in [2.24, 2.45) is 0 Å². The van der Waals surface area contributed by atoms with Crippen LogP contribution >= 0.6 is 0 Å². The van der Waals surface area contributed by atoms with Crippen LogP contribution in [0, 0.1) is 0 Å². The van der Waals surface area contributed by atoms with Gasteiger partial charge in [0.15, 0.2) is 11.5 Å². The summed E-state index contributed by atoms with van der Waals surface area (Å²) >= 11 is 0. The van der Waals surface area contributed by atoms with Crippen LogP contribution in [0.2, 0.25) is 0 Å². The summed E-state index contributed by atoms with van der Waals surface area (Å²) in [6.45, 7) is 1.41. The number of carbonyl (C=O) groups is 3. The zero-order valence-electron chi connectivity index (χ0n) is 12.1. The van der Waals surface area contributed by atoms with Crippen molar-refractivity contribution in [2.75, 3.05) is 6.54 Å². The molecule has 1 aromatic carbocycles. The average Bonchev–Trinajstić information content (AvgIpc) is 2.72. The maximum Gasteiger partial charge on any atom is 0.290 e. The van der Waals surface area contributed by atoms with E-state index in [1.54, 1.807) is 30.3 Å². The lowest BCUT2D eigenvalue weighted by atomic mass is 9.97. The van der Waals surface area contributed by atoms with E-state index in [1.807, 2.05) is 0 Å². The summed E-state index contributed by atoms with van der Waals surface area (Å²) < 4.78 is 0. The molecule has 0 aromatic heterocycles. The van der Waals surface area contributed by atoms with Gasteiger partial charge in [-0.05, 0) is 25.3 Å². The third kappa shape index (κ3) is 3.00. The molecule has 0 saturated carbocycles. The van der Waals surface area contributed by atoms with E-state index in [-0.39, 0.29) is 30.7 Å². The molecule has 0 bridgehead atoms. The molecular weight excluding hydrogens is 286 g/mol. The van der Waals surface area contributed by atoms with Gasteiger partial charge < -0.3 is 19.9 Å². The Morgan fingerprint density at radius 2 is 1.91 bits per heavy atom. The van der Waals surface area contributed by atoms with Gasteiger partial charge in [-0.3, -0.25) is 9.59 Å². The highest BCUT2D eigenvalue weighted by Gasteiger charge is 2.41. The summed E-state index contributed by atoms with van der Waals surface area (Å²) in [7, 11) is 0. The summed E-state index contributed by atoms with van der Waals surface area (Å²) in [6, 6.07) is 8.17. The predicted molar refractivity (Wildman–Crippen MR) is 75.5 cm³/mol. The van der Waals surface area contributed by atoms with E-state index >= 15 is 0 Å². The van der Waals surface area contributed by atoms with Crippen LogP contribution in [0.15, 0.2) is 41.7 Å². The first-order valence-corrected chi connectivity index (χ1v) is 6.93. The van der Waals surface area contributed by atoms with Crippen molar-refractivity contribution < 1.29 is 24.6 Å². The third-order valence-electron chi connectivity index (χ3n) is 3.58. The Bertz CT molecular complexity index is 635. The Hall–Kier alpha value is -2.63. The molecule has 1 aromatic rings. The Kier molecular flexibility index (Phi) is 4.60. The second-order valence-corrected chi connectivity index (χ2v) is 5.11. The molecule has 0 aliphatic carbocycles. The van der Waals surface area contributed by atoms with Crippen molar-refractivity contribution in [2.45, 2.75) is 25.8 Å². The molecule has 1 heterocycles. The van der Waals surface area contributed by atoms with Crippen molar-refractivity contribution >= 4 is 17.7 Å². The van der Waals surface area contributed by atoms with Crippen LogP contribution in [0.1, 0.15) is 31.4 Å². The van der Waals surface area contributed by atoms with Gasteiger partial charge in [0.25, 0.3) is 5.91 Å². The molecule has 1 amide bonds. The summed E-state index contributed by atoms with van der Waals surface area (Å²) in [5, 5.41) is 20.5. The predicted octanol–water partition coefficient (Wildman–Crippen LogP) is 0.501. The number of Topliss-reactive ketones (excluding diaryl/α,β-unsaturated/α-hetero) is 1. The first-order valence-electron chi connectivity index (χ1n) is 6.93. The van der Waals surface area contributed by atoms with Gasteiger partial charge in [0.2, 0.25) is 0 Å². The van der Waals surface area contributed by atoms with Crippen molar-refractivity contribution in [3.05, 3.63) is 47.2 Å². The Labute approximate surface area is 127 Å². The number of amides is 1. The van der Waals surface area contributed by atoms with Crippen LogP contribution in [-0.2, 0) is 14.4 Å². The highest BCUT2D eigenvalue weighted by molar-refractivity contribution is 6.08. The standard InChI is InChI=1S/C16H17NO5/c1-10(18)13-14(11-6-3-2-4-7-11)17(16(22)15(13)21)9-5-8-12(19)20/h2-4,6-7,14,21H,5,8-9H2,1H3,(H,19,20)/p-1/t14-/m0/s1. The number of carboxylic acid groups (broad SMARTS) is 1. The van der Waals surface area contributed by atoms with E-state index in [0.717, 1.165) is 0 Å². The molecule has 0 fully saturated rings. The number of benzene rings is 1. The Morgan fingerprint density at radius 3 is 2.45 bits per heavy atom. The Balaban J connectivity index is 2.34. The highest BCUT2D eigenvalue weighted by atomic mass is 16.4. The van der Waals surface area contributed by atoms with E-state index in [2.05, 4.69) is 0 Å². The average molecular weight is 302 g/mol. The molecule has 1 N–H and O–H groups in total. The molecule has 0 radical (unpaired) electrons. The smallest absolute Gasteiger partial charge is 0.290 e. The van der Waals surface area contributed by atoms with E-state index in [1.165, 1.54) is 11.8 Å². The van der Waals surface area contributed by atoms with E-state index < -0.39 is 23.7 Å². The topological polar surface area (TPSA) is 97.7 Å². The molecule has 6 nitrogen and oxygen atoms in total. The maximum atomic E-state index is 12.2. The molecule has 1 aliphatic heterocycles. The number of nitrogens with zero attached hydrogens (tertiary/aromatic N) is 1. The number of ketones is 1.